The Balaban J connectivity index is 3.92. The van der Waals surface area contributed by atoms with Crippen LogP contribution >= 0.6 is 0 Å². The molecule has 0 aliphatic carbocycles. The second-order valence-corrected chi connectivity index (χ2v) is 3.55. The normalized spacial score (nSPS) is 11.3. The number of carboxylic acid groups (broad SMARTS) is 1. The van der Waals surface area contributed by atoms with E-state index in [9.17, 15) is 14.4 Å². The van der Waals surface area contributed by atoms with E-state index >= 15 is 0 Å². The molecule has 110 valence electrons. The molecule has 0 aromatic carbocycles. The lowest BCUT2D eigenvalue weighted by molar-refractivity contribution is -0.139. The maximum Gasteiger partial charge on any atom is 0.407 e. The van der Waals surface area contributed by atoms with Gasteiger partial charge < -0.3 is 25.2 Å². The highest BCUT2D eigenvalue weighted by Crippen LogP contribution is 1.98. The Hall–Kier alpha value is -1.99. The van der Waals surface area contributed by atoms with Crippen LogP contribution in [0.15, 0.2) is 0 Å². The number of carboxylic acids is 1. The third-order valence-electron chi connectivity index (χ3n) is 2.08. The maximum absolute atomic E-state index is 11.1. The Morgan fingerprint density at radius 1 is 1.11 bits per heavy atom. The monoisotopic (exact) mass is 276 g/mol. The highest BCUT2D eigenvalue weighted by Gasteiger charge is 2.19. The number of alkyl carbamates (subject to hydrolysis) is 2. The van der Waals surface area contributed by atoms with E-state index in [1.807, 2.05) is 0 Å². The number of hydrogen-bond donors (Lipinski definition) is 3. The van der Waals surface area contributed by atoms with Gasteiger partial charge in [0.15, 0.2) is 0 Å². The fourth-order valence-electron chi connectivity index (χ4n) is 1.25. The van der Waals surface area contributed by atoms with Gasteiger partial charge in [-0.3, -0.25) is 0 Å². The highest BCUT2D eigenvalue weighted by molar-refractivity contribution is 5.79. The zero-order chi connectivity index (χ0) is 14.7. The molecule has 8 heteroatoms. The van der Waals surface area contributed by atoms with Crippen molar-refractivity contribution in [3.8, 4) is 0 Å². The van der Waals surface area contributed by atoms with Crippen LogP contribution in [0.25, 0.3) is 0 Å². The molecule has 0 spiro atoms. The molecule has 0 fully saturated rings. The Kier molecular flexibility index (Phi) is 8.94. The van der Waals surface area contributed by atoms with Crippen molar-refractivity contribution in [3.63, 3.8) is 0 Å². The zero-order valence-electron chi connectivity index (χ0n) is 11.1. The van der Waals surface area contributed by atoms with E-state index in [2.05, 4.69) is 20.1 Å². The summed E-state index contributed by atoms with van der Waals surface area (Å²) in [6.45, 7) is 4.02. The van der Waals surface area contributed by atoms with Gasteiger partial charge in [-0.05, 0) is 26.7 Å². The minimum atomic E-state index is -1.15. The third-order valence-corrected chi connectivity index (χ3v) is 2.08. The summed E-state index contributed by atoms with van der Waals surface area (Å²) in [5, 5.41) is 13.6. The topological polar surface area (TPSA) is 114 Å². The fraction of sp³-hybridized carbons (Fsp3) is 0.727. The van der Waals surface area contributed by atoms with Gasteiger partial charge in [0.1, 0.15) is 6.04 Å². The molecule has 0 aliphatic heterocycles. The summed E-state index contributed by atoms with van der Waals surface area (Å²) in [5.74, 6) is -1.15. The van der Waals surface area contributed by atoms with Crippen molar-refractivity contribution in [1.82, 2.24) is 10.6 Å². The predicted octanol–water partition coefficient (Wildman–Crippen LogP) is 0.712. The van der Waals surface area contributed by atoms with Gasteiger partial charge in [0, 0.05) is 6.54 Å². The summed E-state index contributed by atoms with van der Waals surface area (Å²) in [6.07, 6.45) is -0.746. The van der Waals surface area contributed by atoms with Crippen LogP contribution in [0.3, 0.4) is 0 Å². The van der Waals surface area contributed by atoms with Crippen LogP contribution in [0.2, 0.25) is 0 Å². The van der Waals surface area contributed by atoms with Crippen LogP contribution in [0, 0.1) is 0 Å². The molecule has 0 radical (unpaired) electrons. The molecular weight excluding hydrogens is 256 g/mol. The lowest BCUT2D eigenvalue weighted by Gasteiger charge is -2.14. The number of carbonyl (C=O) groups is 3. The molecule has 0 unspecified atom stereocenters. The van der Waals surface area contributed by atoms with E-state index < -0.39 is 24.2 Å². The lowest BCUT2D eigenvalue weighted by Crippen LogP contribution is -2.41. The molecule has 0 aliphatic rings. The minimum Gasteiger partial charge on any atom is -0.480 e. The first-order valence-electron chi connectivity index (χ1n) is 6.07. The number of ether oxygens (including phenoxy) is 2. The van der Waals surface area contributed by atoms with Gasteiger partial charge in [-0.15, -0.1) is 0 Å². The molecule has 2 amide bonds. The number of carbonyl (C=O) groups excluding carboxylic acids is 2. The quantitative estimate of drug-likeness (QED) is 0.563. The molecule has 0 aromatic rings. The Morgan fingerprint density at radius 2 is 1.68 bits per heavy atom. The van der Waals surface area contributed by atoms with E-state index in [1.165, 1.54) is 0 Å². The summed E-state index contributed by atoms with van der Waals surface area (Å²) in [7, 11) is 0. The molecule has 0 saturated carbocycles. The smallest absolute Gasteiger partial charge is 0.407 e. The van der Waals surface area contributed by atoms with Crippen LogP contribution in [0.1, 0.15) is 26.7 Å². The summed E-state index contributed by atoms with van der Waals surface area (Å²) >= 11 is 0. The maximum atomic E-state index is 11.1. The molecule has 0 saturated heterocycles. The number of aliphatic carboxylic acids is 1. The van der Waals surface area contributed by atoms with Gasteiger partial charge >= 0.3 is 18.2 Å². The molecule has 1 atom stereocenters. The number of hydrogen-bond acceptors (Lipinski definition) is 5. The van der Waals surface area contributed by atoms with E-state index in [-0.39, 0.29) is 26.2 Å². The molecule has 0 aromatic heterocycles. The number of rotatable bonds is 8. The van der Waals surface area contributed by atoms with Crippen molar-refractivity contribution < 1.29 is 29.0 Å². The first-order valence-corrected chi connectivity index (χ1v) is 6.07. The van der Waals surface area contributed by atoms with Crippen LogP contribution < -0.4 is 10.6 Å². The Labute approximate surface area is 111 Å². The first-order chi connectivity index (χ1) is 9.01. The van der Waals surface area contributed by atoms with E-state index in [4.69, 9.17) is 5.11 Å². The van der Waals surface area contributed by atoms with Crippen LogP contribution in [0.4, 0.5) is 9.59 Å². The zero-order valence-corrected chi connectivity index (χ0v) is 11.1. The summed E-state index contributed by atoms with van der Waals surface area (Å²) in [5.41, 5.74) is 0. The van der Waals surface area contributed by atoms with Gasteiger partial charge in [-0.1, -0.05) is 0 Å². The van der Waals surface area contributed by atoms with Crippen LogP contribution in [-0.4, -0.2) is 49.1 Å². The van der Waals surface area contributed by atoms with Gasteiger partial charge in [0.2, 0.25) is 0 Å². The van der Waals surface area contributed by atoms with Crippen LogP contribution in [0.5, 0.6) is 0 Å². The highest BCUT2D eigenvalue weighted by atomic mass is 16.6. The van der Waals surface area contributed by atoms with Gasteiger partial charge in [0.25, 0.3) is 0 Å². The molecule has 0 heterocycles. The van der Waals surface area contributed by atoms with Crippen molar-refractivity contribution in [2.45, 2.75) is 32.7 Å². The largest absolute Gasteiger partial charge is 0.480 e. The summed E-state index contributed by atoms with van der Waals surface area (Å²) in [6, 6.07) is -1.04. The molecule has 3 N–H and O–H groups in total. The van der Waals surface area contributed by atoms with Gasteiger partial charge in [-0.25, -0.2) is 14.4 Å². The van der Waals surface area contributed by atoms with Crippen LogP contribution in [-0.2, 0) is 14.3 Å². The Morgan fingerprint density at radius 3 is 2.21 bits per heavy atom. The SMILES string of the molecule is CCOC(=O)NCCC[C@H](NC(=O)OCC)C(=O)O. The first kappa shape index (κ1) is 17.0. The fourth-order valence-corrected chi connectivity index (χ4v) is 1.25. The standard InChI is InChI=1S/C11H20N2O6/c1-3-18-10(16)12-7-5-6-8(9(14)15)13-11(17)19-4-2/h8H,3-7H2,1-2H3,(H,12,16)(H,13,17)(H,14,15)/t8-/m0/s1. The van der Waals surface area contributed by atoms with Crippen molar-refractivity contribution in [2.75, 3.05) is 19.8 Å². The molecule has 8 nitrogen and oxygen atoms in total. The van der Waals surface area contributed by atoms with Crippen molar-refractivity contribution >= 4 is 18.2 Å². The average molecular weight is 276 g/mol. The van der Waals surface area contributed by atoms with Crippen molar-refractivity contribution in [2.24, 2.45) is 0 Å². The Bertz CT molecular complexity index is 308. The van der Waals surface area contributed by atoms with Crippen molar-refractivity contribution in [1.29, 1.82) is 0 Å². The van der Waals surface area contributed by atoms with Gasteiger partial charge in [-0.2, -0.15) is 0 Å². The van der Waals surface area contributed by atoms with E-state index in [1.54, 1.807) is 13.8 Å². The number of amides is 2. The lowest BCUT2D eigenvalue weighted by atomic mass is 10.1. The van der Waals surface area contributed by atoms with E-state index in [0.29, 0.717) is 6.42 Å². The third kappa shape index (κ3) is 8.70. The molecular formula is C11H20N2O6. The molecule has 0 bridgehead atoms. The minimum absolute atomic E-state index is 0.169. The number of nitrogens with one attached hydrogen (secondary N) is 2. The average Bonchev–Trinajstić information content (AvgIpc) is 2.33. The predicted molar refractivity (Wildman–Crippen MR) is 65.8 cm³/mol. The summed E-state index contributed by atoms with van der Waals surface area (Å²) in [4.78, 5) is 32.9. The van der Waals surface area contributed by atoms with E-state index in [0.717, 1.165) is 0 Å². The van der Waals surface area contributed by atoms with Crippen molar-refractivity contribution in [3.05, 3.63) is 0 Å². The summed E-state index contributed by atoms with van der Waals surface area (Å²) < 4.78 is 9.23. The molecule has 19 heavy (non-hydrogen) atoms. The second kappa shape index (κ2) is 9.98. The van der Waals surface area contributed by atoms with Gasteiger partial charge in [0.05, 0.1) is 13.2 Å². The molecule has 0 rings (SSSR count). The second-order valence-electron chi connectivity index (χ2n) is 3.55.